The van der Waals surface area contributed by atoms with Crippen LogP contribution in [-0.4, -0.2) is 19.5 Å². The van der Waals surface area contributed by atoms with Crippen molar-refractivity contribution in [3.8, 4) is 0 Å². The molecule has 0 radical (unpaired) electrons. The van der Waals surface area contributed by atoms with E-state index in [4.69, 9.17) is 0 Å². The highest BCUT2D eigenvalue weighted by atomic mass is 14.7. The van der Waals surface area contributed by atoms with Crippen molar-refractivity contribution in [3.05, 3.63) is 12.3 Å². The van der Waals surface area contributed by atoms with Gasteiger partial charge in [0.25, 0.3) is 0 Å². The molecule has 0 saturated heterocycles. The van der Waals surface area contributed by atoms with Crippen LogP contribution in [0.1, 0.15) is 6.92 Å². The average molecular weight is 110 g/mol. The van der Waals surface area contributed by atoms with Crippen molar-refractivity contribution < 1.29 is 0 Å². The second kappa shape index (κ2) is 6.08. The predicted octanol–water partition coefficient (Wildman–Crippen LogP) is 1.29. The minimum atomic E-state index is 1.69. The highest BCUT2D eigenvalue weighted by molar-refractivity contribution is 5.71. The molecule has 0 aliphatic rings. The molecule has 0 fully saturated rings. The van der Waals surface area contributed by atoms with E-state index in [9.17, 15) is 0 Å². The van der Waals surface area contributed by atoms with Crippen molar-refractivity contribution in [1.29, 1.82) is 0 Å². The molecule has 0 saturated carbocycles. The molecule has 44 valence electrons. The lowest BCUT2D eigenvalue weighted by molar-refractivity contribution is 1.47. The van der Waals surface area contributed by atoms with Crippen molar-refractivity contribution in [3.63, 3.8) is 0 Å². The highest BCUT2D eigenvalue weighted by Crippen LogP contribution is 1.68. The maximum atomic E-state index is 3.81. The van der Waals surface area contributed by atoms with Crippen LogP contribution in [-0.2, 0) is 0 Å². The minimum absolute atomic E-state index is 1.69. The third-order valence-corrected chi connectivity index (χ3v) is 0.556. The van der Waals surface area contributed by atoms with E-state index in [0.717, 1.165) is 0 Å². The molecule has 0 aromatic heterocycles. The van der Waals surface area contributed by atoms with Gasteiger partial charge in [0.1, 0.15) is 0 Å². The molecule has 0 spiro atoms. The van der Waals surface area contributed by atoms with Crippen molar-refractivity contribution in [1.82, 2.24) is 0 Å². The van der Waals surface area contributed by atoms with E-state index in [2.05, 4.69) is 9.98 Å². The summed E-state index contributed by atoms with van der Waals surface area (Å²) in [4.78, 5) is 7.53. The summed E-state index contributed by atoms with van der Waals surface area (Å²) in [7, 11) is 1.72. The molecule has 0 unspecified atom stereocenters. The first kappa shape index (κ1) is 7.08. The Kier molecular flexibility index (Phi) is 5.38. The van der Waals surface area contributed by atoms with Gasteiger partial charge in [-0.25, -0.2) is 0 Å². The van der Waals surface area contributed by atoms with Gasteiger partial charge in [-0.15, -0.1) is 0 Å². The second-order valence-corrected chi connectivity index (χ2v) is 1.16. The van der Waals surface area contributed by atoms with Gasteiger partial charge < -0.3 is 0 Å². The normalized spacial score (nSPS) is 12.8. The molecule has 0 heterocycles. The largest absolute Gasteiger partial charge is 0.296 e. The maximum Gasteiger partial charge on any atom is 0.0278 e. The Balaban J connectivity index is 3.35. The van der Waals surface area contributed by atoms with Gasteiger partial charge in [-0.05, 0) is 13.0 Å². The topological polar surface area (TPSA) is 24.7 Å². The Hall–Kier alpha value is -0.920. The molecular formula is C6H10N2. The smallest absolute Gasteiger partial charge is 0.0278 e. The summed E-state index contributed by atoms with van der Waals surface area (Å²) in [6, 6.07) is 0. The quantitative estimate of drug-likeness (QED) is 0.478. The van der Waals surface area contributed by atoms with Gasteiger partial charge in [0.15, 0.2) is 0 Å². The number of allylic oxidation sites excluding steroid dienone is 1. The standard InChI is InChI=1S/C6H10N2/c1-3-8-6-4-5-7-2/h3-6H,1-2H3. The Bertz CT molecular complexity index is 97.7. The molecular weight excluding hydrogens is 100 g/mol. The first-order chi connectivity index (χ1) is 3.91. The molecule has 0 bridgehead atoms. The lowest BCUT2D eigenvalue weighted by atomic mass is 10.6. The first-order valence-corrected chi connectivity index (χ1v) is 2.47. The number of nitrogens with zero attached hydrogens (tertiary/aromatic N) is 2. The van der Waals surface area contributed by atoms with Gasteiger partial charge in [0.2, 0.25) is 0 Å². The monoisotopic (exact) mass is 110 g/mol. The van der Waals surface area contributed by atoms with E-state index >= 15 is 0 Å². The maximum absolute atomic E-state index is 3.81. The zero-order valence-corrected chi connectivity index (χ0v) is 5.20. The molecule has 0 atom stereocenters. The van der Waals surface area contributed by atoms with Crippen molar-refractivity contribution >= 4 is 12.4 Å². The van der Waals surface area contributed by atoms with Crippen LogP contribution < -0.4 is 0 Å². The van der Waals surface area contributed by atoms with Crippen molar-refractivity contribution in [2.24, 2.45) is 9.98 Å². The van der Waals surface area contributed by atoms with Gasteiger partial charge in [0.05, 0.1) is 0 Å². The van der Waals surface area contributed by atoms with Crippen molar-refractivity contribution in [2.75, 3.05) is 7.05 Å². The fourth-order valence-corrected chi connectivity index (χ4v) is 0.260. The van der Waals surface area contributed by atoms with E-state index in [1.54, 1.807) is 31.8 Å². The second-order valence-electron chi connectivity index (χ2n) is 1.16. The molecule has 0 aliphatic heterocycles. The van der Waals surface area contributed by atoms with Crippen LogP contribution in [0.15, 0.2) is 22.3 Å². The molecule has 0 aliphatic carbocycles. The summed E-state index contributed by atoms with van der Waals surface area (Å²) in [6.07, 6.45) is 6.88. The minimum Gasteiger partial charge on any atom is -0.296 e. The van der Waals surface area contributed by atoms with Gasteiger partial charge in [-0.3, -0.25) is 9.98 Å². The molecule has 2 nitrogen and oxygen atoms in total. The zero-order valence-electron chi connectivity index (χ0n) is 5.20. The van der Waals surface area contributed by atoms with Crippen LogP contribution >= 0.6 is 0 Å². The summed E-state index contributed by atoms with van der Waals surface area (Å²) >= 11 is 0. The predicted molar refractivity (Wildman–Crippen MR) is 37.7 cm³/mol. The van der Waals surface area contributed by atoms with Crippen LogP contribution in [0.5, 0.6) is 0 Å². The SMILES string of the molecule is CC=NC=CC=NC. The number of hydrogen-bond acceptors (Lipinski definition) is 2. The number of rotatable bonds is 2. The summed E-state index contributed by atoms with van der Waals surface area (Å²) in [5, 5.41) is 0. The van der Waals surface area contributed by atoms with Crippen LogP contribution in [0.3, 0.4) is 0 Å². The van der Waals surface area contributed by atoms with Gasteiger partial charge in [0, 0.05) is 25.7 Å². The summed E-state index contributed by atoms with van der Waals surface area (Å²) < 4.78 is 0. The van der Waals surface area contributed by atoms with Crippen LogP contribution in [0, 0.1) is 0 Å². The Labute approximate surface area is 49.7 Å². The fourth-order valence-electron chi connectivity index (χ4n) is 0.260. The molecule has 0 rings (SSSR count). The van der Waals surface area contributed by atoms with Crippen LogP contribution in [0.2, 0.25) is 0 Å². The van der Waals surface area contributed by atoms with Crippen LogP contribution in [0.25, 0.3) is 0 Å². The third-order valence-electron chi connectivity index (χ3n) is 0.556. The van der Waals surface area contributed by atoms with E-state index in [0.29, 0.717) is 0 Å². The number of hydrogen-bond donors (Lipinski definition) is 0. The lowest BCUT2D eigenvalue weighted by Crippen LogP contribution is -1.60. The zero-order chi connectivity index (χ0) is 6.24. The third kappa shape index (κ3) is 5.08. The summed E-state index contributed by atoms with van der Waals surface area (Å²) in [5.74, 6) is 0. The number of aliphatic imine (C=N–C) groups is 2. The Morgan fingerprint density at radius 3 is 2.62 bits per heavy atom. The Morgan fingerprint density at radius 1 is 1.38 bits per heavy atom. The molecule has 0 N–H and O–H groups in total. The van der Waals surface area contributed by atoms with E-state index in [1.165, 1.54) is 0 Å². The highest BCUT2D eigenvalue weighted by Gasteiger charge is 1.56. The molecule has 0 aromatic carbocycles. The molecule has 0 aromatic rings. The lowest BCUT2D eigenvalue weighted by Gasteiger charge is -1.69. The van der Waals surface area contributed by atoms with E-state index in [-0.39, 0.29) is 0 Å². The summed E-state index contributed by atoms with van der Waals surface area (Å²) in [6.45, 7) is 1.87. The van der Waals surface area contributed by atoms with Crippen LogP contribution in [0.4, 0.5) is 0 Å². The molecule has 0 amide bonds. The van der Waals surface area contributed by atoms with Crippen molar-refractivity contribution in [2.45, 2.75) is 6.92 Å². The van der Waals surface area contributed by atoms with Gasteiger partial charge >= 0.3 is 0 Å². The average Bonchev–Trinajstić information content (AvgIpc) is 1.81. The first-order valence-electron chi connectivity index (χ1n) is 2.47. The molecule has 8 heavy (non-hydrogen) atoms. The summed E-state index contributed by atoms with van der Waals surface area (Å²) in [5.41, 5.74) is 0. The van der Waals surface area contributed by atoms with E-state index in [1.807, 2.05) is 6.92 Å². The van der Waals surface area contributed by atoms with Gasteiger partial charge in [-0.2, -0.15) is 0 Å². The van der Waals surface area contributed by atoms with Gasteiger partial charge in [-0.1, -0.05) is 0 Å². The fraction of sp³-hybridized carbons (Fsp3) is 0.333. The molecule has 2 heteroatoms. The Morgan fingerprint density at radius 2 is 2.12 bits per heavy atom. The van der Waals surface area contributed by atoms with E-state index < -0.39 is 0 Å².